The first kappa shape index (κ1) is 12.6. The van der Waals surface area contributed by atoms with Gasteiger partial charge in [-0.2, -0.15) is 4.98 Å². The van der Waals surface area contributed by atoms with E-state index in [1.807, 2.05) is 0 Å². The van der Waals surface area contributed by atoms with Gasteiger partial charge in [0.15, 0.2) is 0 Å². The Morgan fingerprint density at radius 3 is 3.13 bits per heavy atom. The molecule has 0 aliphatic heterocycles. The molecule has 0 saturated heterocycles. The summed E-state index contributed by atoms with van der Waals surface area (Å²) in [6.45, 7) is 0.600. The average molecular weight is 297 g/mol. The predicted octanol–water partition coefficient (Wildman–Crippen LogP) is 1.31. The van der Waals surface area contributed by atoms with Crippen LogP contribution in [0.4, 0.5) is 5.82 Å². The van der Waals surface area contributed by atoms with Gasteiger partial charge in [0.2, 0.25) is 5.28 Å². The summed E-state index contributed by atoms with van der Waals surface area (Å²) in [5.41, 5.74) is 0. The lowest BCUT2D eigenvalue weighted by Crippen LogP contribution is -2.24. The molecule has 1 unspecified atom stereocenters. The molecule has 0 amide bonds. The Morgan fingerprint density at radius 1 is 1.73 bits per heavy atom. The van der Waals surface area contributed by atoms with Crippen molar-refractivity contribution in [1.82, 2.24) is 9.97 Å². The number of aromatic nitrogens is 2. The lowest BCUT2D eigenvalue weighted by molar-refractivity contribution is 0.0727. The third-order valence-corrected chi connectivity index (χ3v) is 2.34. The van der Waals surface area contributed by atoms with E-state index in [1.54, 1.807) is 6.20 Å². The largest absolute Gasteiger partial charge is 0.389 e. The maximum atomic E-state index is 9.39. The van der Waals surface area contributed by atoms with Crippen LogP contribution in [0.1, 0.15) is 0 Å². The predicted molar refractivity (Wildman–Crippen MR) is 61.1 cm³/mol. The van der Waals surface area contributed by atoms with Crippen LogP contribution in [-0.2, 0) is 4.74 Å². The molecule has 7 heteroatoms. The molecular weight excluding hydrogens is 285 g/mol. The number of aliphatic hydroxyl groups excluding tert-OH is 1. The number of aliphatic hydroxyl groups is 1. The Bertz CT molecular complexity index is 327. The SMILES string of the molecule is COCC(O)CNc1nc(Cl)ncc1Br. The van der Waals surface area contributed by atoms with Crippen LogP contribution < -0.4 is 5.32 Å². The van der Waals surface area contributed by atoms with Crippen LogP contribution in [-0.4, -0.2) is 41.4 Å². The van der Waals surface area contributed by atoms with Crippen LogP contribution in [0.15, 0.2) is 10.7 Å². The van der Waals surface area contributed by atoms with Crippen LogP contribution in [0.25, 0.3) is 0 Å². The summed E-state index contributed by atoms with van der Waals surface area (Å²) in [7, 11) is 1.53. The molecule has 1 aromatic heterocycles. The summed E-state index contributed by atoms with van der Waals surface area (Å²) in [6, 6.07) is 0. The zero-order valence-corrected chi connectivity index (χ0v) is 10.4. The number of nitrogens with one attached hydrogen (secondary N) is 1. The molecule has 84 valence electrons. The van der Waals surface area contributed by atoms with E-state index in [4.69, 9.17) is 16.3 Å². The van der Waals surface area contributed by atoms with Gasteiger partial charge in [-0.1, -0.05) is 0 Å². The molecule has 0 spiro atoms. The first-order valence-electron chi connectivity index (χ1n) is 4.22. The standard InChI is InChI=1S/C8H11BrClN3O2/c1-15-4-5(14)2-11-7-6(9)3-12-8(10)13-7/h3,5,14H,2,4H2,1H3,(H,11,12,13). The third-order valence-electron chi connectivity index (χ3n) is 1.58. The van der Waals surface area contributed by atoms with E-state index < -0.39 is 6.10 Å². The van der Waals surface area contributed by atoms with Crippen LogP contribution in [0.3, 0.4) is 0 Å². The van der Waals surface area contributed by atoms with E-state index >= 15 is 0 Å². The highest BCUT2D eigenvalue weighted by Gasteiger charge is 2.07. The molecule has 0 aromatic carbocycles. The second kappa shape index (κ2) is 6.22. The minimum Gasteiger partial charge on any atom is -0.389 e. The zero-order chi connectivity index (χ0) is 11.3. The van der Waals surface area contributed by atoms with E-state index in [0.29, 0.717) is 16.8 Å². The van der Waals surface area contributed by atoms with Crippen molar-refractivity contribution in [3.63, 3.8) is 0 Å². The Balaban J connectivity index is 2.53. The Morgan fingerprint density at radius 2 is 2.47 bits per heavy atom. The van der Waals surface area contributed by atoms with Gasteiger partial charge in [0.25, 0.3) is 0 Å². The summed E-state index contributed by atoms with van der Waals surface area (Å²) in [5, 5.41) is 12.5. The number of rotatable bonds is 5. The molecule has 0 radical (unpaired) electrons. The smallest absolute Gasteiger partial charge is 0.224 e. The Hall–Kier alpha value is -0.430. The molecule has 5 nitrogen and oxygen atoms in total. The molecule has 2 N–H and O–H groups in total. The van der Waals surface area contributed by atoms with Gasteiger partial charge in [0, 0.05) is 19.9 Å². The van der Waals surface area contributed by atoms with Crippen molar-refractivity contribution in [2.24, 2.45) is 0 Å². The summed E-state index contributed by atoms with van der Waals surface area (Å²) >= 11 is 8.88. The summed E-state index contributed by atoms with van der Waals surface area (Å²) in [4.78, 5) is 7.73. The molecule has 1 atom stereocenters. The fraction of sp³-hybridized carbons (Fsp3) is 0.500. The van der Waals surface area contributed by atoms with Gasteiger partial charge in [0.05, 0.1) is 17.2 Å². The van der Waals surface area contributed by atoms with Gasteiger partial charge < -0.3 is 15.2 Å². The summed E-state index contributed by atoms with van der Waals surface area (Å²) < 4.78 is 5.48. The van der Waals surface area contributed by atoms with E-state index in [-0.39, 0.29) is 11.9 Å². The lowest BCUT2D eigenvalue weighted by atomic mass is 10.4. The fourth-order valence-electron chi connectivity index (χ4n) is 0.935. The van der Waals surface area contributed by atoms with Gasteiger partial charge in [0.1, 0.15) is 5.82 Å². The molecule has 0 aliphatic carbocycles. The molecule has 1 aromatic rings. The van der Waals surface area contributed by atoms with Gasteiger partial charge in [-0.15, -0.1) is 0 Å². The number of halogens is 2. The second-order valence-corrected chi connectivity index (χ2v) is 4.02. The first-order chi connectivity index (χ1) is 7.13. The minimum absolute atomic E-state index is 0.155. The normalized spacial score (nSPS) is 12.5. The minimum atomic E-state index is -0.587. The van der Waals surface area contributed by atoms with Crippen molar-refractivity contribution in [3.05, 3.63) is 16.0 Å². The van der Waals surface area contributed by atoms with E-state index in [2.05, 4.69) is 31.2 Å². The molecule has 0 bridgehead atoms. The maximum absolute atomic E-state index is 9.39. The lowest BCUT2D eigenvalue weighted by Gasteiger charge is -2.11. The molecule has 15 heavy (non-hydrogen) atoms. The van der Waals surface area contributed by atoms with Gasteiger partial charge >= 0.3 is 0 Å². The number of nitrogens with zero attached hydrogens (tertiary/aromatic N) is 2. The number of methoxy groups -OCH3 is 1. The number of hydrogen-bond acceptors (Lipinski definition) is 5. The average Bonchev–Trinajstić information content (AvgIpc) is 2.20. The zero-order valence-electron chi connectivity index (χ0n) is 8.07. The van der Waals surface area contributed by atoms with E-state index in [9.17, 15) is 5.11 Å². The molecular formula is C8H11BrClN3O2. The maximum Gasteiger partial charge on any atom is 0.224 e. The van der Waals surface area contributed by atoms with Crippen LogP contribution in [0, 0.1) is 0 Å². The molecule has 0 fully saturated rings. The van der Waals surface area contributed by atoms with Crippen molar-refractivity contribution >= 4 is 33.3 Å². The third kappa shape index (κ3) is 4.29. The molecule has 1 rings (SSSR count). The van der Waals surface area contributed by atoms with E-state index in [0.717, 1.165) is 0 Å². The van der Waals surface area contributed by atoms with Crippen molar-refractivity contribution < 1.29 is 9.84 Å². The highest BCUT2D eigenvalue weighted by molar-refractivity contribution is 9.10. The highest BCUT2D eigenvalue weighted by Crippen LogP contribution is 2.19. The van der Waals surface area contributed by atoms with Crippen molar-refractivity contribution in [2.45, 2.75) is 6.10 Å². The van der Waals surface area contributed by atoms with Crippen molar-refractivity contribution in [3.8, 4) is 0 Å². The molecule has 1 heterocycles. The first-order valence-corrected chi connectivity index (χ1v) is 5.39. The topological polar surface area (TPSA) is 67.3 Å². The Labute approximate surface area is 101 Å². The summed E-state index contributed by atoms with van der Waals surface area (Å²) in [6.07, 6.45) is 0.955. The van der Waals surface area contributed by atoms with Crippen LogP contribution in [0.5, 0.6) is 0 Å². The molecule has 0 saturated carbocycles. The second-order valence-electron chi connectivity index (χ2n) is 2.83. The fourth-order valence-corrected chi connectivity index (χ4v) is 1.40. The Kier molecular flexibility index (Phi) is 5.24. The number of anilines is 1. The van der Waals surface area contributed by atoms with Crippen LogP contribution in [0.2, 0.25) is 5.28 Å². The quantitative estimate of drug-likeness (QED) is 0.802. The van der Waals surface area contributed by atoms with Crippen molar-refractivity contribution in [2.75, 3.05) is 25.6 Å². The van der Waals surface area contributed by atoms with Crippen LogP contribution >= 0.6 is 27.5 Å². The number of hydrogen-bond donors (Lipinski definition) is 2. The van der Waals surface area contributed by atoms with Gasteiger partial charge in [-0.3, -0.25) is 0 Å². The molecule has 0 aliphatic rings. The van der Waals surface area contributed by atoms with Gasteiger partial charge in [-0.05, 0) is 27.5 Å². The number of ether oxygens (including phenoxy) is 1. The summed E-state index contributed by atoms with van der Waals surface area (Å²) in [5.74, 6) is 0.546. The van der Waals surface area contributed by atoms with Crippen molar-refractivity contribution in [1.29, 1.82) is 0 Å². The van der Waals surface area contributed by atoms with E-state index in [1.165, 1.54) is 7.11 Å². The monoisotopic (exact) mass is 295 g/mol. The highest BCUT2D eigenvalue weighted by atomic mass is 79.9. The van der Waals surface area contributed by atoms with Gasteiger partial charge in [-0.25, -0.2) is 4.98 Å².